The summed E-state index contributed by atoms with van der Waals surface area (Å²) in [7, 11) is 0. The molecule has 4 heteroatoms. The first-order valence-corrected chi connectivity index (χ1v) is 4.20. The molecule has 0 unspecified atom stereocenters. The Morgan fingerprint density at radius 3 is 2.40 bits per heavy atom. The maximum absolute atomic E-state index is 10.9. The SMILES string of the molecule is Nc1cccc2cccc(C(=O)O)c12.[H-].[Na+]. The number of anilines is 1. The topological polar surface area (TPSA) is 63.3 Å². The molecule has 0 saturated carbocycles. The third-order valence-electron chi connectivity index (χ3n) is 2.17. The molecule has 15 heavy (non-hydrogen) atoms. The van der Waals surface area contributed by atoms with Crippen molar-refractivity contribution in [2.45, 2.75) is 0 Å². The van der Waals surface area contributed by atoms with Crippen molar-refractivity contribution in [3.63, 3.8) is 0 Å². The van der Waals surface area contributed by atoms with E-state index in [0.717, 1.165) is 5.39 Å². The molecule has 2 aromatic rings. The van der Waals surface area contributed by atoms with E-state index in [-0.39, 0.29) is 36.5 Å². The summed E-state index contributed by atoms with van der Waals surface area (Å²) in [6.45, 7) is 0. The minimum Gasteiger partial charge on any atom is -1.00 e. The van der Waals surface area contributed by atoms with Gasteiger partial charge in [0.25, 0.3) is 0 Å². The third kappa shape index (κ3) is 2.15. The summed E-state index contributed by atoms with van der Waals surface area (Å²) in [6, 6.07) is 10.5. The van der Waals surface area contributed by atoms with Gasteiger partial charge in [-0.2, -0.15) is 0 Å². The number of hydrogen-bond donors (Lipinski definition) is 2. The quantitative estimate of drug-likeness (QED) is 0.481. The van der Waals surface area contributed by atoms with Crippen LogP contribution in [0.2, 0.25) is 0 Å². The minimum atomic E-state index is -0.950. The van der Waals surface area contributed by atoms with Crippen LogP contribution in [0.1, 0.15) is 11.8 Å². The van der Waals surface area contributed by atoms with E-state index in [9.17, 15) is 4.79 Å². The smallest absolute Gasteiger partial charge is 1.00 e. The van der Waals surface area contributed by atoms with Gasteiger partial charge >= 0.3 is 35.5 Å². The molecule has 0 amide bonds. The van der Waals surface area contributed by atoms with Crippen molar-refractivity contribution >= 4 is 22.4 Å². The fourth-order valence-corrected chi connectivity index (χ4v) is 1.55. The van der Waals surface area contributed by atoms with Crippen molar-refractivity contribution in [2.75, 3.05) is 5.73 Å². The number of carbonyl (C=O) groups is 1. The number of carboxylic acid groups (broad SMARTS) is 1. The van der Waals surface area contributed by atoms with Crippen LogP contribution < -0.4 is 35.3 Å². The fourth-order valence-electron chi connectivity index (χ4n) is 1.55. The molecule has 0 radical (unpaired) electrons. The normalized spacial score (nSPS) is 9.60. The number of carboxylic acids is 1. The van der Waals surface area contributed by atoms with Crippen molar-refractivity contribution in [1.29, 1.82) is 0 Å². The summed E-state index contributed by atoms with van der Waals surface area (Å²) >= 11 is 0. The molecule has 0 heterocycles. The van der Waals surface area contributed by atoms with Crippen molar-refractivity contribution < 1.29 is 40.9 Å². The summed E-state index contributed by atoms with van der Waals surface area (Å²) < 4.78 is 0. The average molecular weight is 211 g/mol. The number of rotatable bonds is 1. The van der Waals surface area contributed by atoms with E-state index in [1.165, 1.54) is 0 Å². The zero-order valence-corrected chi connectivity index (χ0v) is 10.4. The van der Waals surface area contributed by atoms with Gasteiger partial charge in [0.15, 0.2) is 0 Å². The second kappa shape index (κ2) is 4.66. The Bertz CT molecular complexity index is 511. The Labute approximate surface area is 111 Å². The van der Waals surface area contributed by atoms with Gasteiger partial charge < -0.3 is 12.3 Å². The molecule has 0 aliphatic carbocycles. The molecule has 0 spiro atoms. The molecule has 0 saturated heterocycles. The number of aromatic carboxylic acids is 1. The number of fused-ring (bicyclic) bond motifs is 1. The van der Waals surface area contributed by atoms with Crippen LogP contribution in [-0.4, -0.2) is 11.1 Å². The average Bonchev–Trinajstić information content (AvgIpc) is 2.17. The Morgan fingerprint density at radius 2 is 1.80 bits per heavy atom. The fraction of sp³-hybridized carbons (Fsp3) is 0. The van der Waals surface area contributed by atoms with E-state index >= 15 is 0 Å². The molecule has 0 aliphatic rings. The Kier molecular flexibility index (Phi) is 3.74. The van der Waals surface area contributed by atoms with E-state index in [4.69, 9.17) is 10.8 Å². The largest absolute Gasteiger partial charge is 1.00 e. The van der Waals surface area contributed by atoms with Crippen LogP contribution in [-0.2, 0) is 0 Å². The monoisotopic (exact) mass is 211 g/mol. The zero-order chi connectivity index (χ0) is 10.1. The first-order valence-electron chi connectivity index (χ1n) is 4.20. The molecular weight excluding hydrogens is 201 g/mol. The maximum atomic E-state index is 10.9. The van der Waals surface area contributed by atoms with Gasteiger partial charge in [0.05, 0.1) is 5.56 Å². The van der Waals surface area contributed by atoms with Gasteiger partial charge in [-0.05, 0) is 17.5 Å². The molecule has 72 valence electrons. The predicted molar refractivity (Wildman–Crippen MR) is 56.4 cm³/mol. The zero-order valence-electron chi connectivity index (χ0n) is 9.40. The van der Waals surface area contributed by atoms with Crippen molar-refractivity contribution in [2.24, 2.45) is 0 Å². The van der Waals surface area contributed by atoms with Gasteiger partial charge in [0.2, 0.25) is 0 Å². The van der Waals surface area contributed by atoms with Crippen LogP contribution in [0.15, 0.2) is 36.4 Å². The molecule has 3 N–H and O–H groups in total. The van der Waals surface area contributed by atoms with Gasteiger partial charge in [0, 0.05) is 11.1 Å². The number of benzene rings is 2. The van der Waals surface area contributed by atoms with Crippen LogP contribution in [0.25, 0.3) is 10.8 Å². The summed E-state index contributed by atoms with van der Waals surface area (Å²) in [5, 5.41) is 10.4. The first kappa shape index (κ1) is 12.0. The maximum Gasteiger partial charge on any atom is 1.00 e. The Balaban J connectivity index is 0.00000112. The summed E-state index contributed by atoms with van der Waals surface area (Å²) in [6.07, 6.45) is 0. The standard InChI is InChI=1S/C11H9NO2.Na.H/c12-9-6-2-4-7-3-1-5-8(10(7)9)11(13)14;;/h1-6H,12H2,(H,13,14);;/q;+1;-1. The molecule has 0 aromatic heterocycles. The van der Waals surface area contributed by atoms with Gasteiger partial charge in [-0.1, -0.05) is 24.3 Å². The number of nitrogens with two attached hydrogens (primary N) is 1. The van der Waals surface area contributed by atoms with Crippen molar-refractivity contribution in [1.82, 2.24) is 0 Å². The Morgan fingerprint density at radius 1 is 1.20 bits per heavy atom. The summed E-state index contributed by atoms with van der Waals surface area (Å²) in [5.41, 5.74) is 6.48. The molecule has 2 rings (SSSR count). The van der Waals surface area contributed by atoms with E-state index in [2.05, 4.69) is 0 Å². The third-order valence-corrected chi connectivity index (χ3v) is 2.17. The number of nitrogen functional groups attached to an aromatic ring is 1. The van der Waals surface area contributed by atoms with Crippen LogP contribution in [0, 0.1) is 0 Å². The van der Waals surface area contributed by atoms with Crippen LogP contribution in [0.4, 0.5) is 5.69 Å². The molecule has 0 aliphatic heterocycles. The van der Waals surface area contributed by atoms with Crippen LogP contribution in [0.3, 0.4) is 0 Å². The predicted octanol–water partition coefficient (Wildman–Crippen LogP) is -0.763. The summed E-state index contributed by atoms with van der Waals surface area (Å²) in [5.74, 6) is -0.950. The second-order valence-corrected chi connectivity index (χ2v) is 3.06. The van der Waals surface area contributed by atoms with E-state index < -0.39 is 5.97 Å². The molecule has 0 fully saturated rings. The van der Waals surface area contributed by atoms with Gasteiger partial charge in [-0.25, -0.2) is 4.79 Å². The van der Waals surface area contributed by atoms with E-state index in [0.29, 0.717) is 11.1 Å². The van der Waals surface area contributed by atoms with Crippen molar-refractivity contribution in [3.05, 3.63) is 42.0 Å². The van der Waals surface area contributed by atoms with Crippen molar-refractivity contribution in [3.8, 4) is 0 Å². The molecule has 0 atom stereocenters. The summed E-state index contributed by atoms with van der Waals surface area (Å²) in [4.78, 5) is 10.9. The minimum absolute atomic E-state index is 0. The van der Waals surface area contributed by atoms with E-state index in [1.807, 2.05) is 18.2 Å². The van der Waals surface area contributed by atoms with Gasteiger partial charge in [0.1, 0.15) is 0 Å². The first-order chi connectivity index (χ1) is 6.70. The van der Waals surface area contributed by atoms with Gasteiger partial charge in [-0.15, -0.1) is 0 Å². The molecule has 0 bridgehead atoms. The second-order valence-electron chi connectivity index (χ2n) is 3.06. The molecule has 2 aromatic carbocycles. The molecule has 3 nitrogen and oxygen atoms in total. The van der Waals surface area contributed by atoms with Crippen LogP contribution in [0.5, 0.6) is 0 Å². The molecular formula is C11H10NNaO2. The van der Waals surface area contributed by atoms with Gasteiger partial charge in [-0.3, -0.25) is 0 Å². The van der Waals surface area contributed by atoms with E-state index in [1.54, 1.807) is 18.2 Å². The van der Waals surface area contributed by atoms with Crippen LogP contribution >= 0.6 is 0 Å². The Hall–Kier alpha value is -1.03. The number of hydrogen-bond acceptors (Lipinski definition) is 2.